The van der Waals surface area contributed by atoms with E-state index in [0.29, 0.717) is 15.6 Å². The van der Waals surface area contributed by atoms with E-state index in [9.17, 15) is 4.79 Å². The Labute approximate surface area is 160 Å². The van der Waals surface area contributed by atoms with E-state index in [0.717, 1.165) is 30.4 Å². The minimum absolute atomic E-state index is 0. The number of fused-ring (bicyclic) bond motifs is 3. The molecule has 0 aromatic heterocycles. The van der Waals surface area contributed by atoms with Crippen molar-refractivity contribution in [2.75, 3.05) is 29.4 Å². The van der Waals surface area contributed by atoms with Crippen molar-refractivity contribution in [1.82, 2.24) is 0 Å². The van der Waals surface area contributed by atoms with Crippen LogP contribution in [0.25, 0.3) is 0 Å². The van der Waals surface area contributed by atoms with Crippen LogP contribution in [0.2, 0.25) is 10.0 Å². The smallest absolute Gasteiger partial charge is 0.206 e. The molecule has 7 heteroatoms. The molecule has 2 aromatic rings. The number of ketones is 1. The zero-order valence-corrected chi connectivity index (χ0v) is 15.8. The second-order valence-electron chi connectivity index (χ2n) is 5.46. The maximum absolute atomic E-state index is 12.6. The number of benzene rings is 2. The number of carbonyl (C=O) groups is 1. The third-order valence-corrected chi connectivity index (χ3v) is 4.81. The predicted molar refractivity (Wildman–Crippen MR) is 105 cm³/mol. The number of hydrogen-bond donors (Lipinski definition) is 0. The van der Waals surface area contributed by atoms with E-state index >= 15 is 0 Å². The van der Waals surface area contributed by atoms with Gasteiger partial charge >= 0.3 is 0 Å². The van der Waals surface area contributed by atoms with Crippen LogP contribution in [-0.2, 0) is 0 Å². The first-order valence-electron chi connectivity index (χ1n) is 7.32. The molecule has 4 rings (SSSR count). The summed E-state index contributed by atoms with van der Waals surface area (Å²) in [6.07, 6.45) is 0. The molecule has 24 heavy (non-hydrogen) atoms. The Hall–Kier alpha value is -1.56. The van der Waals surface area contributed by atoms with Crippen molar-refractivity contribution in [2.24, 2.45) is 4.99 Å². The van der Waals surface area contributed by atoms with Crippen molar-refractivity contribution in [3.05, 3.63) is 58.1 Å². The molecule has 0 spiro atoms. The van der Waals surface area contributed by atoms with E-state index in [-0.39, 0.29) is 29.3 Å². The fourth-order valence-corrected chi connectivity index (χ4v) is 3.28. The first kappa shape index (κ1) is 17.3. The summed E-state index contributed by atoms with van der Waals surface area (Å²) >= 11 is 11.9. The van der Waals surface area contributed by atoms with Crippen LogP contribution >= 0.6 is 40.2 Å². The number of guanidine groups is 1. The Kier molecular flexibility index (Phi) is 4.85. The lowest BCUT2D eigenvalue weighted by molar-refractivity contribution is 0.100. The molecule has 0 saturated carbocycles. The normalized spacial score (nSPS) is 14.8. The third-order valence-electron chi connectivity index (χ3n) is 4.07. The maximum Gasteiger partial charge on any atom is 0.206 e. The lowest BCUT2D eigenvalue weighted by atomic mass is 10.1. The van der Waals surface area contributed by atoms with Crippen LogP contribution in [0.5, 0.6) is 0 Å². The molecule has 2 aliphatic heterocycles. The van der Waals surface area contributed by atoms with Crippen LogP contribution in [0.15, 0.2) is 47.5 Å². The monoisotopic (exact) mass is 425 g/mol. The number of anilines is 2. The largest absolute Gasteiger partial charge is 0.308 e. The number of halogens is 3. The first-order chi connectivity index (χ1) is 11.1. The molecule has 0 unspecified atom stereocenters. The molecule has 0 radical (unpaired) electrons. The van der Waals surface area contributed by atoms with Crippen molar-refractivity contribution in [2.45, 2.75) is 0 Å². The zero-order valence-electron chi connectivity index (χ0n) is 12.6. The van der Waals surface area contributed by atoms with Crippen LogP contribution < -0.4 is 9.80 Å². The average Bonchev–Trinajstić information content (AvgIpc) is 3.13. The highest BCUT2D eigenvalue weighted by Crippen LogP contribution is 2.38. The van der Waals surface area contributed by atoms with Crippen LogP contribution in [0.1, 0.15) is 10.4 Å². The van der Waals surface area contributed by atoms with Gasteiger partial charge in [0.25, 0.3) is 0 Å². The van der Waals surface area contributed by atoms with Gasteiger partial charge in [-0.15, -0.1) is 17.0 Å². The van der Waals surface area contributed by atoms with Crippen molar-refractivity contribution < 1.29 is 4.79 Å². The second kappa shape index (κ2) is 6.75. The van der Waals surface area contributed by atoms with Gasteiger partial charge in [-0.3, -0.25) is 9.79 Å². The van der Waals surface area contributed by atoms with Gasteiger partial charge in [-0.1, -0.05) is 35.3 Å². The quantitative estimate of drug-likeness (QED) is 0.680. The van der Waals surface area contributed by atoms with Gasteiger partial charge in [0, 0.05) is 12.1 Å². The van der Waals surface area contributed by atoms with Crippen molar-refractivity contribution >= 4 is 63.3 Å². The molecule has 0 N–H and O–H groups in total. The lowest BCUT2D eigenvalue weighted by Gasteiger charge is -2.18. The van der Waals surface area contributed by atoms with Crippen molar-refractivity contribution in [3.63, 3.8) is 0 Å². The van der Waals surface area contributed by atoms with Crippen molar-refractivity contribution in [1.29, 1.82) is 0 Å². The SMILES string of the molecule is Br.O=C(CN1C2=NCCN2c2ccccc21)c1ccc(Cl)c(Cl)c1. The van der Waals surface area contributed by atoms with Crippen molar-refractivity contribution in [3.8, 4) is 0 Å². The van der Waals surface area contributed by atoms with Gasteiger partial charge in [-0.25, -0.2) is 0 Å². The number of rotatable bonds is 3. The van der Waals surface area contributed by atoms with Gasteiger partial charge in [-0.2, -0.15) is 0 Å². The molecule has 4 nitrogen and oxygen atoms in total. The molecule has 2 aromatic carbocycles. The Morgan fingerprint density at radius 2 is 1.83 bits per heavy atom. The minimum Gasteiger partial charge on any atom is -0.308 e. The minimum atomic E-state index is -0.0187. The highest BCUT2D eigenvalue weighted by Gasteiger charge is 2.35. The fraction of sp³-hybridized carbons (Fsp3) is 0.176. The highest BCUT2D eigenvalue weighted by molar-refractivity contribution is 8.93. The number of Topliss-reactive ketones (excluding diaryl/α,β-unsaturated/α-hetero) is 1. The molecular weight excluding hydrogens is 413 g/mol. The zero-order chi connectivity index (χ0) is 16.0. The first-order valence-corrected chi connectivity index (χ1v) is 8.07. The molecule has 0 atom stereocenters. The summed E-state index contributed by atoms with van der Waals surface area (Å²) in [7, 11) is 0. The number of para-hydroxylation sites is 2. The topological polar surface area (TPSA) is 35.9 Å². The Bertz CT molecular complexity index is 840. The standard InChI is InChI=1S/C17H13Cl2N3O.BrH/c18-12-6-5-11(9-13(12)19)16(23)10-22-15-4-2-1-3-14(15)21-8-7-20-17(21)22;/h1-6,9H,7-8,10H2;1H. The summed E-state index contributed by atoms with van der Waals surface area (Å²) in [4.78, 5) is 21.3. The average molecular weight is 427 g/mol. The summed E-state index contributed by atoms with van der Waals surface area (Å²) in [6.45, 7) is 1.83. The number of carbonyl (C=O) groups excluding carboxylic acids is 1. The van der Waals surface area contributed by atoms with Gasteiger partial charge in [0.05, 0.1) is 34.5 Å². The summed E-state index contributed by atoms with van der Waals surface area (Å²) in [5.41, 5.74) is 2.67. The Balaban J connectivity index is 0.00000169. The van der Waals surface area contributed by atoms with Crippen LogP contribution in [0.3, 0.4) is 0 Å². The molecule has 2 aliphatic rings. The third kappa shape index (κ3) is 2.81. The van der Waals surface area contributed by atoms with E-state index in [1.807, 2.05) is 23.1 Å². The molecule has 0 fully saturated rings. The Morgan fingerprint density at radius 1 is 1.08 bits per heavy atom. The van der Waals surface area contributed by atoms with E-state index in [2.05, 4.69) is 16.0 Å². The van der Waals surface area contributed by atoms with E-state index in [4.69, 9.17) is 23.2 Å². The van der Waals surface area contributed by atoms with Gasteiger partial charge < -0.3 is 9.80 Å². The van der Waals surface area contributed by atoms with Crippen LogP contribution in [0, 0.1) is 0 Å². The van der Waals surface area contributed by atoms with E-state index in [1.54, 1.807) is 18.2 Å². The summed E-state index contributed by atoms with van der Waals surface area (Å²) in [5.74, 6) is 0.828. The Morgan fingerprint density at radius 3 is 2.58 bits per heavy atom. The molecule has 0 bridgehead atoms. The summed E-state index contributed by atoms with van der Waals surface area (Å²) in [5, 5.41) is 0.834. The van der Waals surface area contributed by atoms with Gasteiger partial charge in [0.2, 0.25) is 5.96 Å². The molecule has 0 amide bonds. The molecule has 124 valence electrons. The van der Waals surface area contributed by atoms with Gasteiger partial charge in [0.1, 0.15) is 0 Å². The fourth-order valence-electron chi connectivity index (χ4n) is 2.98. The number of aliphatic imine (C=N–C) groups is 1. The second-order valence-corrected chi connectivity index (χ2v) is 6.27. The van der Waals surface area contributed by atoms with E-state index in [1.165, 1.54) is 0 Å². The maximum atomic E-state index is 12.6. The summed E-state index contributed by atoms with van der Waals surface area (Å²) in [6, 6.07) is 13.0. The van der Waals surface area contributed by atoms with Gasteiger partial charge in [-0.05, 0) is 30.3 Å². The highest BCUT2D eigenvalue weighted by atomic mass is 79.9. The van der Waals surface area contributed by atoms with Crippen LogP contribution in [-0.4, -0.2) is 31.4 Å². The van der Waals surface area contributed by atoms with Crippen LogP contribution in [0.4, 0.5) is 11.4 Å². The number of nitrogens with zero attached hydrogens (tertiary/aromatic N) is 3. The molecular formula is C17H14BrCl2N3O. The molecule has 0 aliphatic carbocycles. The van der Waals surface area contributed by atoms with E-state index < -0.39 is 0 Å². The number of hydrogen-bond acceptors (Lipinski definition) is 4. The van der Waals surface area contributed by atoms with Gasteiger partial charge in [0.15, 0.2) is 5.78 Å². The lowest BCUT2D eigenvalue weighted by Crippen LogP contribution is -2.38. The predicted octanol–water partition coefficient (Wildman–Crippen LogP) is 4.45. The molecule has 0 saturated heterocycles. The molecule has 2 heterocycles. The summed E-state index contributed by atoms with van der Waals surface area (Å²) < 4.78 is 0.